The number of Topliss-reactive ketones (excluding diaryl/α,β-unsaturated/α-hetero) is 1. The topological polar surface area (TPSA) is 57.6 Å². The molecule has 4 rings (SSSR count). The van der Waals surface area contributed by atoms with E-state index in [0.717, 1.165) is 40.9 Å². The lowest BCUT2D eigenvalue weighted by Gasteiger charge is -2.32. The average molecular weight is 482 g/mol. The Morgan fingerprint density at radius 1 is 0.971 bits per heavy atom. The zero-order chi connectivity index (χ0) is 25.0. The van der Waals surface area contributed by atoms with Gasteiger partial charge >= 0.3 is 6.18 Å². The number of benzene rings is 3. The number of carbonyl (C=O) groups is 2. The van der Waals surface area contributed by atoms with E-state index < -0.39 is 17.7 Å². The smallest absolute Gasteiger partial charge is 0.392 e. The number of amides is 1. The van der Waals surface area contributed by atoms with Gasteiger partial charge in [-0.05, 0) is 59.4 Å². The second kappa shape index (κ2) is 10.4. The Hall–Kier alpha value is -3.45. The molecule has 0 aliphatic carbocycles. The van der Waals surface area contributed by atoms with Crippen molar-refractivity contribution in [1.82, 2.24) is 0 Å². The van der Waals surface area contributed by atoms with Crippen molar-refractivity contribution in [3.8, 4) is 11.1 Å². The Morgan fingerprint density at radius 2 is 1.66 bits per heavy atom. The van der Waals surface area contributed by atoms with Crippen molar-refractivity contribution in [2.24, 2.45) is 5.92 Å². The summed E-state index contributed by atoms with van der Waals surface area (Å²) in [5.74, 6) is -0.720. The fourth-order valence-corrected chi connectivity index (χ4v) is 4.54. The van der Waals surface area contributed by atoms with Gasteiger partial charge in [0.05, 0.1) is 12.2 Å². The van der Waals surface area contributed by atoms with E-state index in [1.54, 1.807) is 4.90 Å². The van der Waals surface area contributed by atoms with Gasteiger partial charge in [0.1, 0.15) is 5.78 Å². The number of hydrogen-bond acceptors (Lipinski definition) is 3. The van der Waals surface area contributed by atoms with Crippen molar-refractivity contribution in [2.75, 3.05) is 11.4 Å². The lowest BCUT2D eigenvalue weighted by molar-refractivity contribution is -0.137. The molecule has 3 aromatic carbocycles. The van der Waals surface area contributed by atoms with E-state index in [9.17, 15) is 27.9 Å². The second-order valence-electron chi connectivity index (χ2n) is 8.81. The number of ketones is 1. The highest BCUT2D eigenvalue weighted by atomic mass is 19.4. The van der Waals surface area contributed by atoms with Crippen LogP contribution >= 0.6 is 0 Å². The van der Waals surface area contributed by atoms with Gasteiger partial charge in [-0.2, -0.15) is 13.2 Å². The third-order valence-corrected chi connectivity index (χ3v) is 6.38. The number of halogens is 3. The molecule has 1 N–H and O–H groups in total. The highest BCUT2D eigenvalue weighted by Crippen LogP contribution is 2.31. The zero-order valence-electron chi connectivity index (χ0n) is 19.1. The number of piperidine rings is 1. The van der Waals surface area contributed by atoms with Gasteiger partial charge in [-0.1, -0.05) is 48.5 Å². The SMILES string of the molecule is O=C(Cc1ccc(C(F)(F)F)cc1)C[C@H]1CCCN(c2ccc(-c3ccccc3CO)cc2)C1=O. The number of aliphatic hydroxyl groups is 1. The van der Waals surface area contributed by atoms with E-state index in [2.05, 4.69) is 0 Å². The molecule has 1 fully saturated rings. The molecule has 1 aliphatic heterocycles. The van der Waals surface area contributed by atoms with Crippen LogP contribution in [0.4, 0.5) is 18.9 Å². The lowest BCUT2D eigenvalue weighted by atomic mass is 9.89. The molecule has 1 heterocycles. The summed E-state index contributed by atoms with van der Waals surface area (Å²) in [6, 6.07) is 19.7. The first-order valence-electron chi connectivity index (χ1n) is 11.5. The maximum Gasteiger partial charge on any atom is 0.416 e. The number of alkyl halides is 3. The summed E-state index contributed by atoms with van der Waals surface area (Å²) < 4.78 is 38.2. The molecule has 1 amide bonds. The van der Waals surface area contributed by atoms with E-state index in [4.69, 9.17) is 0 Å². The van der Waals surface area contributed by atoms with Crippen LogP contribution in [0.1, 0.15) is 36.0 Å². The lowest BCUT2D eigenvalue weighted by Crippen LogP contribution is -2.42. The molecule has 0 saturated carbocycles. The van der Waals surface area contributed by atoms with Crippen molar-refractivity contribution in [3.63, 3.8) is 0 Å². The van der Waals surface area contributed by atoms with Crippen LogP contribution in [0.3, 0.4) is 0 Å². The Morgan fingerprint density at radius 3 is 2.31 bits per heavy atom. The third kappa shape index (κ3) is 5.80. The fraction of sp³-hybridized carbons (Fsp3) is 0.286. The molecule has 0 unspecified atom stereocenters. The summed E-state index contributed by atoms with van der Waals surface area (Å²) in [6.45, 7) is 0.500. The summed E-state index contributed by atoms with van der Waals surface area (Å²) in [5.41, 5.74) is 3.19. The molecule has 35 heavy (non-hydrogen) atoms. The summed E-state index contributed by atoms with van der Waals surface area (Å²) >= 11 is 0. The predicted molar refractivity (Wildman–Crippen MR) is 128 cm³/mol. The molecule has 0 aromatic heterocycles. The van der Waals surface area contributed by atoms with E-state index in [0.29, 0.717) is 18.5 Å². The van der Waals surface area contributed by atoms with Crippen LogP contribution in [0.5, 0.6) is 0 Å². The molecular weight excluding hydrogens is 455 g/mol. The molecule has 4 nitrogen and oxygen atoms in total. The fourth-order valence-electron chi connectivity index (χ4n) is 4.54. The van der Waals surface area contributed by atoms with Crippen molar-refractivity contribution in [2.45, 2.75) is 38.5 Å². The van der Waals surface area contributed by atoms with Crippen molar-refractivity contribution >= 4 is 17.4 Å². The molecule has 0 radical (unpaired) electrons. The molecule has 1 saturated heterocycles. The van der Waals surface area contributed by atoms with Crippen LogP contribution in [0.25, 0.3) is 11.1 Å². The quantitative estimate of drug-likeness (QED) is 0.463. The van der Waals surface area contributed by atoms with E-state index in [-0.39, 0.29) is 31.1 Å². The average Bonchev–Trinajstić information content (AvgIpc) is 2.85. The normalized spacial score (nSPS) is 16.4. The van der Waals surface area contributed by atoms with Gasteiger partial charge in [0.15, 0.2) is 0 Å². The number of anilines is 1. The minimum Gasteiger partial charge on any atom is -0.392 e. The monoisotopic (exact) mass is 481 g/mol. The molecule has 3 aromatic rings. The summed E-state index contributed by atoms with van der Waals surface area (Å²) in [7, 11) is 0. The highest BCUT2D eigenvalue weighted by Gasteiger charge is 2.32. The largest absolute Gasteiger partial charge is 0.416 e. The Kier molecular flexibility index (Phi) is 7.36. The molecule has 0 bridgehead atoms. The number of hydrogen-bond donors (Lipinski definition) is 1. The first-order chi connectivity index (χ1) is 16.8. The van der Waals surface area contributed by atoms with Crippen LogP contribution in [0.15, 0.2) is 72.8 Å². The standard InChI is InChI=1S/C28H26F3NO3/c29-28(30,31)23-11-7-19(8-12-23)16-25(34)17-21-5-3-15-32(27(21)35)24-13-9-20(10-14-24)26-6-2-1-4-22(26)18-33/h1-2,4,6-14,21,33H,3,5,15-18H2/t21-/m1/s1. The van der Waals surface area contributed by atoms with E-state index in [1.807, 2.05) is 48.5 Å². The number of nitrogens with zero attached hydrogens (tertiary/aromatic N) is 1. The van der Waals surface area contributed by atoms with Crippen LogP contribution < -0.4 is 4.90 Å². The molecule has 7 heteroatoms. The van der Waals surface area contributed by atoms with E-state index in [1.165, 1.54) is 12.1 Å². The number of rotatable bonds is 7. The Bertz CT molecular complexity index is 1190. The Balaban J connectivity index is 1.40. The van der Waals surface area contributed by atoms with Crippen molar-refractivity contribution in [1.29, 1.82) is 0 Å². The maximum atomic E-state index is 13.1. The zero-order valence-corrected chi connectivity index (χ0v) is 19.1. The van der Waals surface area contributed by atoms with Gasteiger partial charge < -0.3 is 10.0 Å². The third-order valence-electron chi connectivity index (χ3n) is 6.38. The second-order valence-corrected chi connectivity index (χ2v) is 8.81. The maximum absolute atomic E-state index is 13.1. The van der Waals surface area contributed by atoms with Crippen LogP contribution in [0, 0.1) is 5.92 Å². The predicted octanol–water partition coefficient (Wildman–Crippen LogP) is 5.81. The molecular formula is C28H26F3NO3. The summed E-state index contributed by atoms with van der Waals surface area (Å²) in [5, 5.41) is 9.59. The first-order valence-corrected chi connectivity index (χ1v) is 11.5. The molecule has 0 spiro atoms. The summed E-state index contributed by atoms with van der Waals surface area (Å²) in [6.07, 6.45) is -2.98. The molecule has 1 aliphatic rings. The molecule has 1 atom stereocenters. The minimum atomic E-state index is -4.42. The van der Waals surface area contributed by atoms with Crippen LogP contribution in [-0.4, -0.2) is 23.3 Å². The Labute approximate surface area is 202 Å². The van der Waals surface area contributed by atoms with Gasteiger partial charge in [0, 0.05) is 31.0 Å². The number of aliphatic hydroxyl groups excluding tert-OH is 1. The highest BCUT2D eigenvalue weighted by molar-refractivity contribution is 5.98. The number of carbonyl (C=O) groups excluding carboxylic acids is 2. The minimum absolute atomic E-state index is 0.000873. The first kappa shape index (κ1) is 24.7. The van der Waals surface area contributed by atoms with Crippen molar-refractivity contribution < 1.29 is 27.9 Å². The molecule has 182 valence electrons. The summed E-state index contributed by atoms with van der Waals surface area (Å²) in [4.78, 5) is 27.4. The van der Waals surface area contributed by atoms with Crippen molar-refractivity contribution in [3.05, 3.63) is 89.5 Å². The van der Waals surface area contributed by atoms with E-state index >= 15 is 0 Å². The van der Waals surface area contributed by atoms with Gasteiger partial charge in [0.2, 0.25) is 5.91 Å². The van der Waals surface area contributed by atoms with Gasteiger partial charge in [-0.15, -0.1) is 0 Å². The van der Waals surface area contributed by atoms with Crippen LogP contribution in [0.2, 0.25) is 0 Å². The van der Waals surface area contributed by atoms with Crippen LogP contribution in [-0.2, 0) is 28.8 Å². The van der Waals surface area contributed by atoms with Gasteiger partial charge in [-0.25, -0.2) is 0 Å². The van der Waals surface area contributed by atoms with Gasteiger partial charge in [0.25, 0.3) is 0 Å². The van der Waals surface area contributed by atoms with Gasteiger partial charge in [-0.3, -0.25) is 9.59 Å².